The summed E-state index contributed by atoms with van der Waals surface area (Å²) in [7, 11) is 0. The lowest BCUT2D eigenvalue weighted by Crippen LogP contribution is -2.27. The highest BCUT2D eigenvalue weighted by Gasteiger charge is 2.21. The molecule has 0 aromatic heterocycles. The second kappa shape index (κ2) is 6.96. The summed E-state index contributed by atoms with van der Waals surface area (Å²) >= 11 is 0. The van der Waals surface area contributed by atoms with Gasteiger partial charge in [0.2, 0.25) is 0 Å². The number of hydrogen-bond donors (Lipinski definition) is 1. The van der Waals surface area contributed by atoms with E-state index in [-0.39, 0.29) is 6.42 Å². The lowest BCUT2D eigenvalue weighted by molar-refractivity contribution is 0.380. The Morgan fingerprint density at radius 3 is 2.43 bits per heavy atom. The van der Waals surface area contributed by atoms with Crippen molar-refractivity contribution in [2.45, 2.75) is 6.42 Å². The number of anilines is 1. The maximum atomic E-state index is 13.7. The van der Waals surface area contributed by atoms with Crippen molar-refractivity contribution in [1.29, 1.82) is 10.5 Å². The molecule has 4 nitrogen and oxygen atoms in total. The van der Waals surface area contributed by atoms with Crippen molar-refractivity contribution in [3.63, 3.8) is 0 Å². The van der Waals surface area contributed by atoms with Crippen molar-refractivity contribution in [3.8, 4) is 12.1 Å². The van der Waals surface area contributed by atoms with E-state index < -0.39 is 39.5 Å². The summed E-state index contributed by atoms with van der Waals surface area (Å²) in [6.07, 6.45) is 1.52. The molecule has 0 saturated heterocycles. The first kappa shape index (κ1) is 16.1. The highest BCUT2D eigenvalue weighted by atomic mass is 19.2. The lowest BCUT2D eigenvalue weighted by Gasteiger charge is -2.15. The maximum Gasteiger partial charge on any atom is 0.187 e. The molecule has 8 heteroatoms. The Morgan fingerprint density at radius 1 is 1.29 bits per heavy atom. The molecule has 0 aliphatic heterocycles. The molecule has 1 aromatic carbocycles. The summed E-state index contributed by atoms with van der Waals surface area (Å²) in [4.78, 5) is 0. The number of nitrogens with one attached hydrogen (secondary N) is 1. The van der Waals surface area contributed by atoms with Crippen molar-refractivity contribution in [2.24, 2.45) is 0 Å². The monoisotopic (exact) mass is 296 g/mol. The minimum absolute atomic E-state index is 0.262. The molecule has 0 radical (unpaired) electrons. The number of hydrazine groups is 1. The number of halogens is 4. The van der Waals surface area contributed by atoms with Gasteiger partial charge in [0.25, 0.3) is 0 Å². The van der Waals surface area contributed by atoms with Gasteiger partial charge in [-0.15, -0.1) is 11.8 Å². The molecule has 1 rings (SSSR count). The Kier molecular flexibility index (Phi) is 5.32. The predicted octanol–water partition coefficient (Wildman–Crippen LogP) is 2.96. The number of rotatable bonds is 5. The fraction of sp³-hybridized carbons (Fsp3) is 0.0769. The SMILES string of the molecule is C=CCc1c(F)cc(N(F)NC=C(C#N)C#N)c(F)c1F. The summed E-state index contributed by atoms with van der Waals surface area (Å²) in [6, 6.07) is 3.27. The molecule has 0 amide bonds. The van der Waals surface area contributed by atoms with E-state index in [0.29, 0.717) is 12.3 Å². The first-order valence-electron chi connectivity index (χ1n) is 5.46. The van der Waals surface area contributed by atoms with Crippen LogP contribution in [0.5, 0.6) is 0 Å². The van der Waals surface area contributed by atoms with Crippen LogP contribution in [0.3, 0.4) is 0 Å². The molecular formula is C13H8F4N4. The minimum Gasteiger partial charge on any atom is -0.275 e. The lowest BCUT2D eigenvalue weighted by atomic mass is 10.1. The van der Waals surface area contributed by atoms with Gasteiger partial charge in [-0.1, -0.05) is 10.6 Å². The summed E-state index contributed by atoms with van der Waals surface area (Å²) in [6.45, 7) is 3.27. The fourth-order valence-electron chi connectivity index (χ4n) is 1.37. The quantitative estimate of drug-likeness (QED) is 0.227. The van der Waals surface area contributed by atoms with Gasteiger partial charge in [0.05, 0.1) is 0 Å². The number of benzene rings is 1. The largest absolute Gasteiger partial charge is 0.275 e. The number of nitriles is 2. The van der Waals surface area contributed by atoms with Gasteiger partial charge in [-0.3, -0.25) is 5.43 Å². The molecule has 108 valence electrons. The third-order valence-corrected chi connectivity index (χ3v) is 2.36. The van der Waals surface area contributed by atoms with Crippen molar-refractivity contribution >= 4 is 5.69 Å². The Labute approximate surface area is 117 Å². The van der Waals surface area contributed by atoms with Crippen LogP contribution in [0.25, 0.3) is 0 Å². The second-order valence-electron chi connectivity index (χ2n) is 3.67. The van der Waals surface area contributed by atoms with Crippen molar-refractivity contribution in [2.75, 3.05) is 5.23 Å². The van der Waals surface area contributed by atoms with E-state index in [2.05, 4.69) is 6.58 Å². The summed E-state index contributed by atoms with van der Waals surface area (Å²) < 4.78 is 54.4. The third kappa shape index (κ3) is 3.51. The first-order chi connectivity index (χ1) is 9.96. The molecule has 0 unspecified atom stereocenters. The van der Waals surface area contributed by atoms with Gasteiger partial charge in [0.15, 0.2) is 11.6 Å². The summed E-state index contributed by atoms with van der Waals surface area (Å²) in [5.74, 6) is -4.32. The Hall–Kier alpha value is -3.00. The molecule has 1 aromatic rings. The zero-order valence-electron chi connectivity index (χ0n) is 10.5. The molecule has 0 aliphatic carbocycles. The fourth-order valence-corrected chi connectivity index (χ4v) is 1.37. The second-order valence-corrected chi connectivity index (χ2v) is 3.67. The standard InChI is InChI=1S/C13H8F4N4/c1-2-3-9-10(14)4-11(13(16)12(9)15)21(17)20-7-8(5-18)6-19/h2,4,7,20H,1,3H2. The molecule has 0 spiro atoms. The molecular weight excluding hydrogens is 288 g/mol. The van der Waals surface area contributed by atoms with E-state index in [1.54, 1.807) is 5.43 Å². The van der Waals surface area contributed by atoms with Crippen molar-refractivity contribution < 1.29 is 17.7 Å². The van der Waals surface area contributed by atoms with E-state index in [4.69, 9.17) is 10.5 Å². The highest BCUT2D eigenvalue weighted by Crippen LogP contribution is 2.27. The van der Waals surface area contributed by atoms with Crippen LogP contribution in [0.15, 0.2) is 30.5 Å². The van der Waals surface area contributed by atoms with Gasteiger partial charge in [-0.2, -0.15) is 10.5 Å². The minimum atomic E-state index is -1.62. The van der Waals surface area contributed by atoms with Crippen molar-refractivity contribution in [3.05, 3.63) is 53.5 Å². The molecule has 0 fully saturated rings. The van der Waals surface area contributed by atoms with E-state index in [9.17, 15) is 17.7 Å². The van der Waals surface area contributed by atoms with Crippen LogP contribution in [-0.2, 0) is 6.42 Å². The van der Waals surface area contributed by atoms with E-state index >= 15 is 0 Å². The van der Waals surface area contributed by atoms with Crippen LogP contribution in [0.4, 0.5) is 23.3 Å². The van der Waals surface area contributed by atoms with Gasteiger partial charge >= 0.3 is 0 Å². The topological polar surface area (TPSA) is 62.9 Å². The van der Waals surface area contributed by atoms with Gasteiger partial charge in [0.1, 0.15) is 29.2 Å². The smallest absolute Gasteiger partial charge is 0.187 e. The molecule has 1 N–H and O–H groups in total. The van der Waals surface area contributed by atoms with Crippen molar-refractivity contribution in [1.82, 2.24) is 5.43 Å². The van der Waals surface area contributed by atoms with Crippen LogP contribution in [-0.4, -0.2) is 0 Å². The predicted molar refractivity (Wildman–Crippen MR) is 66.2 cm³/mol. The van der Waals surface area contributed by atoms with Crippen LogP contribution in [0.1, 0.15) is 5.56 Å². The number of hydrogen-bond acceptors (Lipinski definition) is 4. The highest BCUT2D eigenvalue weighted by molar-refractivity contribution is 5.48. The summed E-state index contributed by atoms with van der Waals surface area (Å²) in [5.41, 5.74) is -0.442. The maximum absolute atomic E-state index is 13.7. The molecule has 0 saturated carbocycles. The van der Waals surface area contributed by atoms with Crippen LogP contribution in [0, 0.1) is 40.1 Å². The molecule has 21 heavy (non-hydrogen) atoms. The normalized spacial score (nSPS) is 9.24. The zero-order chi connectivity index (χ0) is 16.0. The Morgan fingerprint density at radius 2 is 1.90 bits per heavy atom. The first-order valence-corrected chi connectivity index (χ1v) is 5.46. The van der Waals surface area contributed by atoms with Crippen LogP contribution < -0.4 is 10.7 Å². The average molecular weight is 296 g/mol. The van der Waals surface area contributed by atoms with Crippen LogP contribution >= 0.6 is 0 Å². The average Bonchev–Trinajstić information content (AvgIpc) is 2.48. The summed E-state index contributed by atoms with van der Waals surface area (Å²) in [5, 5.41) is 16.3. The van der Waals surface area contributed by atoms with E-state index in [1.807, 2.05) is 0 Å². The molecule has 0 atom stereocenters. The molecule has 0 bridgehead atoms. The van der Waals surface area contributed by atoms with Gasteiger partial charge in [0, 0.05) is 17.8 Å². The zero-order valence-corrected chi connectivity index (χ0v) is 10.5. The molecule has 0 heterocycles. The van der Waals surface area contributed by atoms with Gasteiger partial charge in [-0.05, 0) is 6.42 Å². The van der Waals surface area contributed by atoms with Gasteiger partial charge in [-0.25, -0.2) is 13.2 Å². The van der Waals surface area contributed by atoms with Gasteiger partial charge < -0.3 is 0 Å². The number of nitrogens with zero attached hydrogens (tertiary/aromatic N) is 3. The Bertz CT molecular complexity index is 654. The Balaban J connectivity index is 3.15. The van der Waals surface area contributed by atoms with E-state index in [1.165, 1.54) is 18.2 Å². The van der Waals surface area contributed by atoms with Crippen LogP contribution in [0.2, 0.25) is 0 Å². The third-order valence-electron chi connectivity index (χ3n) is 2.36. The van der Waals surface area contributed by atoms with E-state index in [0.717, 1.165) is 0 Å². The molecule has 0 aliphatic rings. The number of allylic oxidation sites excluding steroid dienone is 2.